The SMILES string of the molecule is Cc1ccc(-n2nc(C)c3c(C(F)(F)F)cc(OCc4nc(-c5cccc(C)c5)oc4C)nc32)cc1. The Morgan fingerprint density at radius 1 is 0.917 bits per heavy atom. The van der Waals surface area contributed by atoms with Crippen LogP contribution in [-0.4, -0.2) is 19.7 Å². The molecular formula is C27H23F3N4O2. The minimum atomic E-state index is -4.62. The van der Waals surface area contributed by atoms with E-state index in [2.05, 4.69) is 15.1 Å². The van der Waals surface area contributed by atoms with Crippen molar-refractivity contribution in [2.45, 2.75) is 40.5 Å². The van der Waals surface area contributed by atoms with Crippen molar-refractivity contribution >= 4 is 11.0 Å². The van der Waals surface area contributed by atoms with Gasteiger partial charge in [-0.25, -0.2) is 9.67 Å². The van der Waals surface area contributed by atoms with Crippen molar-refractivity contribution in [1.82, 2.24) is 19.7 Å². The number of fused-ring (bicyclic) bond motifs is 1. The summed E-state index contributed by atoms with van der Waals surface area (Å²) in [6, 6.07) is 15.9. The largest absolute Gasteiger partial charge is 0.471 e. The first kappa shape index (κ1) is 23.6. The lowest BCUT2D eigenvalue weighted by molar-refractivity contribution is -0.136. The smallest absolute Gasteiger partial charge is 0.417 e. The number of nitrogens with zero attached hydrogens (tertiary/aromatic N) is 4. The van der Waals surface area contributed by atoms with E-state index in [4.69, 9.17) is 9.15 Å². The van der Waals surface area contributed by atoms with Gasteiger partial charge in [0.2, 0.25) is 11.8 Å². The number of alkyl halides is 3. The Morgan fingerprint density at radius 2 is 1.67 bits per heavy atom. The Morgan fingerprint density at radius 3 is 2.36 bits per heavy atom. The molecule has 0 unspecified atom stereocenters. The van der Waals surface area contributed by atoms with Crippen molar-refractivity contribution in [3.05, 3.63) is 88.4 Å². The van der Waals surface area contributed by atoms with Crippen LogP contribution >= 0.6 is 0 Å². The zero-order chi connectivity index (χ0) is 25.6. The number of pyridine rings is 1. The van der Waals surface area contributed by atoms with E-state index in [-0.39, 0.29) is 29.2 Å². The average molecular weight is 493 g/mol. The van der Waals surface area contributed by atoms with E-state index < -0.39 is 11.7 Å². The topological polar surface area (TPSA) is 66.0 Å². The first-order chi connectivity index (χ1) is 17.1. The average Bonchev–Trinajstić information content (AvgIpc) is 3.37. The number of hydrogen-bond acceptors (Lipinski definition) is 5. The van der Waals surface area contributed by atoms with Crippen molar-refractivity contribution in [1.29, 1.82) is 0 Å². The van der Waals surface area contributed by atoms with Crippen molar-refractivity contribution < 1.29 is 22.3 Å². The Labute approximate surface area is 205 Å². The molecule has 0 aliphatic heterocycles. The van der Waals surface area contributed by atoms with Gasteiger partial charge in [0.25, 0.3) is 0 Å². The fraction of sp³-hybridized carbons (Fsp3) is 0.222. The predicted molar refractivity (Wildman–Crippen MR) is 129 cm³/mol. The van der Waals surface area contributed by atoms with Crippen LogP contribution in [-0.2, 0) is 12.8 Å². The fourth-order valence-electron chi connectivity index (χ4n) is 4.04. The number of ether oxygens (including phenoxy) is 1. The van der Waals surface area contributed by atoms with E-state index in [0.717, 1.165) is 22.8 Å². The maximum atomic E-state index is 14.0. The van der Waals surface area contributed by atoms with E-state index in [0.29, 0.717) is 23.0 Å². The van der Waals surface area contributed by atoms with Gasteiger partial charge in [-0.2, -0.15) is 23.3 Å². The second-order valence-electron chi connectivity index (χ2n) is 8.72. The van der Waals surface area contributed by atoms with E-state index >= 15 is 0 Å². The molecule has 2 aromatic carbocycles. The Hall–Kier alpha value is -4.14. The van der Waals surface area contributed by atoms with Crippen LogP contribution in [0.3, 0.4) is 0 Å². The number of hydrogen-bond donors (Lipinski definition) is 0. The highest BCUT2D eigenvalue weighted by Gasteiger charge is 2.36. The van der Waals surface area contributed by atoms with Gasteiger partial charge in [0.1, 0.15) is 18.1 Å². The van der Waals surface area contributed by atoms with Crippen LogP contribution in [0.2, 0.25) is 0 Å². The van der Waals surface area contributed by atoms with Gasteiger partial charge in [0.05, 0.1) is 22.3 Å². The Kier molecular flexibility index (Phi) is 5.78. The van der Waals surface area contributed by atoms with Gasteiger partial charge in [0.15, 0.2) is 5.65 Å². The molecule has 0 bridgehead atoms. The summed E-state index contributed by atoms with van der Waals surface area (Å²) in [4.78, 5) is 8.90. The third kappa shape index (κ3) is 4.44. The molecule has 6 nitrogen and oxygen atoms in total. The van der Waals surface area contributed by atoms with Crippen molar-refractivity contribution in [3.63, 3.8) is 0 Å². The molecule has 3 heterocycles. The van der Waals surface area contributed by atoms with Crippen LogP contribution in [0.5, 0.6) is 5.88 Å². The Bertz CT molecular complexity index is 1570. The van der Waals surface area contributed by atoms with Crippen LogP contribution in [0.4, 0.5) is 13.2 Å². The summed E-state index contributed by atoms with van der Waals surface area (Å²) in [6.07, 6.45) is -4.62. The van der Waals surface area contributed by atoms with Crippen molar-refractivity contribution in [2.24, 2.45) is 0 Å². The number of aryl methyl sites for hydroxylation is 4. The van der Waals surface area contributed by atoms with Gasteiger partial charge < -0.3 is 9.15 Å². The van der Waals surface area contributed by atoms with Crippen LogP contribution in [0, 0.1) is 27.7 Å². The second-order valence-corrected chi connectivity index (χ2v) is 8.72. The molecule has 36 heavy (non-hydrogen) atoms. The molecule has 0 saturated heterocycles. The van der Waals surface area contributed by atoms with Gasteiger partial charge in [-0.05, 0) is 52.0 Å². The zero-order valence-corrected chi connectivity index (χ0v) is 20.1. The highest BCUT2D eigenvalue weighted by Crippen LogP contribution is 2.38. The lowest BCUT2D eigenvalue weighted by Gasteiger charge is -2.12. The second kappa shape index (κ2) is 8.82. The quantitative estimate of drug-likeness (QED) is 0.267. The molecular weight excluding hydrogens is 469 g/mol. The summed E-state index contributed by atoms with van der Waals surface area (Å²) >= 11 is 0. The normalized spacial score (nSPS) is 11.9. The van der Waals surface area contributed by atoms with Crippen molar-refractivity contribution in [3.8, 4) is 23.0 Å². The molecule has 3 aromatic heterocycles. The first-order valence-electron chi connectivity index (χ1n) is 11.3. The van der Waals surface area contributed by atoms with Crippen LogP contribution in [0.15, 0.2) is 59.0 Å². The number of rotatable bonds is 5. The molecule has 0 saturated carbocycles. The lowest BCUT2D eigenvalue weighted by atomic mass is 10.1. The number of oxazole rings is 1. The summed E-state index contributed by atoms with van der Waals surface area (Å²) in [6.45, 7) is 7.06. The minimum Gasteiger partial charge on any atom is -0.471 e. The highest BCUT2D eigenvalue weighted by atomic mass is 19.4. The minimum absolute atomic E-state index is 0.0604. The van der Waals surface area contributed by atoms with E-state index in [1.807, 2.05) is 50.2 Å². The summed E-state index contributed by atoms with van der Waals surface area (Å²) in [5.74, 6) is 0.758. The van der Waals surface area contributed by atoms with E-state index in [9.17, 15) is 13.2 Å². The van der Waals surface area contributed by atoms with E-state index in [1.165, 1.54) is 11.6 Å². The lowest BCUT2D eigenvalue weighted by Crippen LogP contribution is -2.09. The van der Waals surface area contributed by atoms with Crippen LogP contribution in [0.1, 0.15) is 33.8 Å². The van der Waals surface area contributed by atoms with Gasteiger partial charge in [-0.15, -0.1) is 0 Å². The first-order valence-corrected chi connectivity index (χ1v) is 11.3. The molecule has 0 atom stereocenters. The molecule has 9 heteroatoms. The molecule has 5 aromatic rings. The molecule has 0 spiro atoms. The Balaban J connectivity index is 1.53. The monoisotopic (exact) mass is 492 g/mol. The molecule has 0 fully saturated rings. The number of aromatic nitrogens is 4. The molecule has 0 amide bonds. The number of benzene rings is 2. The third-order valence-electron chi connectivity index (χ3n) is 5.89. The zero-order valence-electron chi connectivity index (χ0n) is 20.1. The number of halogens is 3. The third-order valence-corrected chi connectivity index (χ3v) is 5.89. The summed E-state index contributed by atoms with van der Waals surface area (Å²) in [7, 11) is 0. The molecule has 0 radical (unpaired) electrons. The van der Waals surface area contributed by atoms with Gasteiger partial charge in [-0.1, -0.05) is 35.4 Å². The van der Waals surface area contributed by atoms with E-state index in [1.54, 1.807) is 19.1 Å². The summed E-state index contributed by atoms with van der Waals surface area (Å²) in [5.41, 5.74) is 3.41. The summed E-state index contributed by atoms with van der Waals surface area (Å²) < 4.78 is 55.1. The highest BCUT2D eigenvalue weighted by molar-refractivity contribution is 5.84. The molecule has 0 N–H and O–H groups in total. The predicted octanol–water partition coefficient (Wildman–Crippen LogP) is 6.91. The molecule has 0 aliphatic rings. The maximum Gasteiger partial charge on any atom is 0.417 e. The maximum absolute atomic E-state index is 14.0. The molecule has 5 rings (SSSR count). The summed E-state index contributed by atoms with van der Waals surface area (Å²) in [5, 5.41) is 4.29. The van der Waals surface area contributed by atoms with Crippen LogP contribution < -0.4 is 4.74 Å². The van der Waals surface area contributed by atoms with Gasteiger partial charge in [-0.3, -0.25) is 0 Å². The van der Waals surface area contributed by atoms with Gasteiger partial charge >= 0.3 is 6.18 Å². The van der Waals surface area contributed by atoms with Crippen molar-refractivity contribution in [2.75, 3.05) is 0 Å². The van der Waals surface area contributed by atoms with Crippen LogP contribution in [0.25, 0.3) is 28.2 Å². The standard InChI is InChI=1S/C27H23F3N4O2/c1-15-8-10-20(11-9-15)34-25-24(17(3)33-34)21(27(28,29)30)13-23(32-25)35-14-22-18(4)36-26(31-22)19-7-5-6-16(2)12-19/h5-13H,14H2,1-4H3. The molecule has 184 valence electrons. The fourth-order valence-corrected chi connectivity index (χ4v) is 4.04. The molecule has 0 aliphatic carbocycles. The van der Waals surface area contributed by atoms with Gasteiger partial charge in [0, 0.05) is 11.6 Å².